The zero-order chi connectivity index (χ0) is 26.0. The van der Waals surface area contributed by atoms with E-state index in [1.54, 1.807) is 66.7 Å². The van der Waals surface area contributed by atoms with Crippen molar-refractivity contribution in [3.63, 3.8) is 0 Å². The molecule has 0 heterocycles. The van der Waals surface area contributed by atoms with Crippen molar-refractivity contribution in [2.75, 3.05) is 31.7 Å². The third kappa shape index (κ3) is 6.63. The second-order valence-electron chi connectivity index (χ2n) is 7.33. The highest BCUT2D eigenvalue weighted by atomic mass is 32.2. The van der Waals surface area contributed by atoms with Crippen LogP contribution < -0.4 is 23.9 Å². The van der Waals surface area contributed by atoms with Crippen molar-refractivity contribution < 1.29 is 27.4 Å². The van der Waals surface area contributed by atoms with E-state index in [1.807, 2.05) is 0 Å². The lowest BCUT2D eigenvalue weighted by Gasteiger charge is -2.23. The van der Waals surface area contributed by atoms with Gasteiger partial charge in [0.15, 0.2) is 11.5 Å². The molecule has 0 radical (unpaired) electrons. The first kappa shape index (κ1) is 26.3. The van der Waals surface area contributed by atoms with E-state index in [0.29, 0.717) is 35.1 Å². The summed E-state index contributed by atoms with van der Waals surface area (Å²) in [4.78, 5) is 12.8. The molecule has 3 rings (SSSR count). The Morgan fingerprint density at radius 1 is 1.00 bits per heavy atom. The molecule has 3 aromatic rings. The first-order valence-corrected chi connectivity index (χ1v) is 12.3. The molecule has 10 heteroatoms. The van der Waals surface area contributed by atoms with Gasteiger partial charge in [0, 0.05) is 0 Å². The van der Waals surface area contributed by atoms with Gasteiger partial charge in [-0.1, -0.05) is 30.9 Å². The van der Waals surface area contributed by atoms with Crippen LogP contribution in [0.25, 0.3) is 0 Å². The minimum atomic E-state index is -4.03. The molecule has 0 saturated carbocycles. The largest absolute Gasteiger partial charge is 0.497 e. The van der Waals surface area contributed by atoms with E-state index in [1.165, 1.54) is 32.6 Å². The summed E-state index contributed by atoms with van der Waals surface area (Å²) in [6, 6.07) is 19.4. The van der Waals surface area contributed by atoms with Gasteiger partial charge in [-0.05, 0) is 60.2 Å². The summed E-state index contributed by atoms with van der Waals surface area (Å²) in [6.45, 7) is 3.45. The van der Waals surface area contributed by atoms with Gasteiger partial charge >= 0.3 is 0 Å². The number of ether oxygens (including phenoxy) is 3. The Labute approximate surface area is 210 Å². The van der Waals surface area contributed by atoms with Gasteiger partial charge in [-0.2, -0.15) is 5.10 Å². The van der Waals surface area contributed by atoms with Crippen molar-refractivity contribution in [3.05, 3.63) is 91.0 Å². The van der Waals surface area contributed by atoms with Crippen LogP contribution in [0.3, 0.4) is 0 Å². The zero-order valence-electron chi connectivity index (χ0n) is 20.0. The molecule has 0 fully saturated rings. The lowest BCUT2D eigenvalue weighted by atomic mass is 10.2. The predicted octanol–water partition coefficient (Wildman–Crippen LogP) is 3.61. The van der Waals surface area contributed by atoms with Gasteiger partial charge < -0.3 is 14.2 Å². The maximum absolute atomic E-state index is 13.3. The summed E-state index contributed by atoms with van der Waals surface area (Å²) in [7, 11) is -1.00. The molecular weight excluding hydrogens is 482 g/mol. The van der Waals surface area contributed by atoms with Crippen LogP contribution in [-0.4, -0.2) is 47.9 Å². The number of rotatable bonds is 12. The molecule has 0 aromatic heterocycles. The molecule has 36 heavy (non-hydrogen) atoms. The van der Waals surface area contributed by atoms with Crippen molar-refractivity contribution in [3.8, 4) is 17.2 Å². The Morgan fingerprint density at radius 2 is 1.72 bits per heavy atom. The van der Waals surface area contributed by atoms with Gasteiger partial charge in [0.1, 0.15) is 18.9 Å². The molecule has 0 aliphatic rings. The molecule has 0 atom stereocenters. The summed E-state index contributed by atoms with van der Waals surface area (Å²) in [5, 5.41) is 3.96. The molecule has 0 unspecified atom stereocenters. The highest BCUT2D eigenvalue weighted by Gasteiger charge is 2.27. The molecule has 188 valence electrons. The average molecular weight is 510 g/mol. The normalized spacial score (nSPS) is 11.1. The molecule has 3 aromatic carbocycles. The Hall–Kier alpha value is -4.31. The number of benzene rings is 3. The van der Waals surface area contributed by atoms with E-state index in [9.17, 15) is 13.2 Å². The number of nitrogens with zero attached hydrogens (tertiary/aromatic N) is 2. The maximum Gasteiger partial charge on any atom is 0.264 e. The summed E-state index contributed by atoms with van der Waals surface area (Å²) < 4.78 is 43.7. The second-order valence-corrected chi connectivity index (χ2v) is 9.19. The van der Waals surface area contributed by atoms with E-state index in [-0.39, 0.29) is 4.90 Å². The van der Waals surface area contributed by atoms with Crippen molar-refractivity contribution in [1.29, 1.82) is 0 Å². The third-order valence-corrected chi connectivity index (χ3v) is 6.71. The first-order valence-electron chi connectivity index (χ1n) is 10.8. The fraction of sp³-hybridized carbons (Fsp3) is 0.154. The highest BCUT2D eigenvalue weighted by molar-refractivity contribution is 7.92. The smallest absolute Gasteiger partial charge is 0.264 e. The first-order chi connectivity index (χ1) is 17.4. The number of hydrazone groups is 1. The number of anilines is 1. The monoisotopic (exact) mass is 509 g/mol. The SMILES string of the molecule is C=CCOc1ccc(/C=N\NC(=O)CN(c2ccc(OC)cc2)S(=O)(=O)c2ccccc2)cc1OC. The zero-order valence-corrected chi connectivity index (χ0v) is 20.8. The number of hydrogen-bond acceptors (Lipinski definition) is 7. The van der Waals surface area contributed by atoms with Gasteiger partial charge in [0.2, 0.25) is 0 Å². The topological polar surface area (TPSA) is 107 Å². The van der Waals surface area contributed by atoms with Gasteiger partial charge in [-0.3, -0.25) is 9.10 Å². The van der Waals surface area contributed by atoms with E-state index in [4.69, 9.17) is 14.2 Å². The number of amides is 1. The molecule has 0 aliphatic heterocycles. The summed E-state index contributed by atoms with van der Waals surface area (Å²) in [5.41, 5.74) is 3.32. The van der Waals surface area contributed by atoms with E-state index in [2.05, 4.69) is 17.1 Å². The minimum absolute atomic E-state index is 0.0583. The number of sulfonamides is 1. The van der Waals surface area contributed by atoms with Crippen molar-refractivity contribution in [2.45, 2.75) is 4.90 Å². The van der Waals surface area contributed by atoms with Crippen LogP contribution in [0, 0.1) is 0 Å². The fourth-order valence-corrected chi connectivity index (χ4v) is 4.60. The molecule has 0 saturated heterocycles. The molecule has 1 amide bonds. The van der Waals surface area contributed by atoms with Gasteiger partial charge in [0.05, 0.1) is 31.0 Å². The van der Waals surface area contributed by atoms with Crippen LogP contribution in [0.15, 0.2) is 95.4 Å². The molecule has 0 bridgehead atoms. The quantitative estimate of drug-likeness (QED) is 0.227. The van der Waals surface area contributed by atoms with E-state index >= 15 is 0 Å². The van der Waals surface area contributed by atoms with Crippen LogP contribution in [0.5, 0.6) is 17.2 Å². The van der Waals surface area contributed by atoms with Crippen LogP contribution in [0.1, 0.15) is 5.56 Å². The van der Waals surface area contributed by atoms with Gasteiger partial charge in [-0.25, -0.2) is 13.8 Å². The fourth-order valence-electron chi connectivity index (χ4n) is 3.16. The van der Waals surface area contributed by atoms with Crippen molar-refractivity contribution >= 4 is 27.8 Å². The molecule has 0 aliphatic carbocycles. The average Bonchev–Trinajstić information content (AvgIpc) is 2.91. The number of hydrogen-bond donors (Lipinski definition) is 1. The Bertz CT molecular complexity index is 1310. The lowest BCUT2D eigenvalue weighted by Crippen LogP contribution is -2.39. The van der Waals surface area contributed by atoms with Crippen molar-refractivity contribution in [1.82, 2.24) is 5.43 Å². The summed E-state index contributed by atoms with van der Waals surface area (Å²) in [5.74, 6) is 0.965. The van der Waals surface area contributed by atoms with Crippen LogP contribution in [-0.2, 0) is 14.8 Å². The van der Waals surface area contributed by atoms with Crippen molar-refractivity contribution in [2.24, 2.45) is 5.10 Å². The Morgan fingerprint density at radius 3 is 2.36 bits per heavy atom. The van der Waals surface area contributed by atoms with E-state index in [0.717, 1.165) is 4.31 Å². The third-order valence-electron chi connectivity index (χ3n) is 4.93. The lowest BCUT2D eigenvalue weighted by molar-refractivity contribution is -0.119. The molecule has 0 spiro atoms. The summed E-state index contributed by atoms with van der Waals surface area (Å²) >= 11 is 0. The maximum atomic E-state index is 13.3. The molecule has 1 N–H and O–H groups in total. The highest BCUT2D eigenvalue weighted by Crippen LogP contribution is 2.28. The molecular formula is C26H27N3O6S. The van der Waals surface area contributed by atoms with Crippen LogP contribution in [0.4, 0.5) is 5.69 Å². The number of carbonyl (C=O) groups is 1. The van der Waals surface area contributed by atoms with E-state index < -0.39 is 22.5 Å². The second kappa shape index (κ2) is 12.4. The Balaban J connectivity index is 1.77. The standard InChI is InChI=1S/C26H27N3O6S/c1-4-16-35-24-15-10-20(17-25(24)34-3)18-27-28-26(30)19-29(21-11-13-22(33-2)14-12-21)36(31,32)23-8-6-5-7-9-23/h4-15,17-18H,1,16,19H2,2-3H3,(H,28,30)/b27-18-. The van der Waals surface area contributed by atoms with Crippen LogP contribution in [0.2, 0.25) is 0 Å². The van der Waals surface area contributed by atoms with Crippen LogP contribution >= 0.6 is 0 Å². The minimum Gasteiger partial charge on any atom is -0.497 e. The molecule has 9 nitrogen and oxygen atoms in total. The van der Waals surface area contributed by atoms with Gasteiger partial charge in [-0.15, -0.1) is 0 Å². The number of nitrogens with one attached hydrogen (secondary N) is 1. The van der Waals surface area contributed by atoms with Gasteiger partial charge in [0.25, 0.3) is 15.9 Å². The predicted molar refractivity (Wildman–Crippen MR) is 138 cm³/mol. The summed E-state index contributed by atoms with van der Waals surface area (Å²) in [6.07, 6.45) is 3.04. The Kier molecular flexibility index (Phi) is 9.07. The number of carbonyl (C=O) groups excluding carboxylic acids is 1. The number of methoxy groups -OCH3 is 2.